The van der Waals surface area contributed by atoms with Crippen LogP contribution < -0.4 is 10.6 Å². The van der Waals surface area contributed by atoms with Crippen LogP contribution in [0.25, 0.3) is 0 Å². The van der Waals surface area contributed by atoms with E-state index in [0.717, 1.165) is 70.6 Å². The molecular formula is C54H90N2O10. The molecule has 8 aliphatic carbocycles. The first kappa shape index (κ1) is 50.6. The Hall–Kier alpha value is -1.83. The van der Waals surface area contributed by atoms with Gasteiger partial charge in [0, 0.05) is 19.4 Å². The fourth-order valence-corrected chi connectivity index (χ4v) is 18.7. The van der Waals surface area contributed by atoms with E-state index >= 15 is 0 Å². The number of amides is 2. The van der Waals surface area contributed by atoms with Gasteiger partial charge in [0.05, 0.1) is 36.6 Å². The van der Waals surface area contributed by atoms with Gasteiger partial charge in [-0.1, -0.05) is 41.5 Å². The Morgan fingerprint density at radius 3 is 1.47 bits per heavy atom. The molecule has 0 aliphatic heterocycles. The molecule has 2 amide bonds. The van der Waals surface area contributed by atoms with Gasteiger partial charge in [-0.2, -0.15) is 0 Å². The molecule has 12 nitrogen and oxygen atoms in total. The van der Waals surface area contributed by atoms with Crippen molar-refractivity contribution in [2.45, 2.75) is 219 Å². The van der Waals surface area contributed by atoms with Gasteiger partial charge in [-0.25, -0.2) is 4.79 Å². The summed E-state index contributed by atoms with van der Waals surface area (Å²) in [7, 11) is 0. The highest BCUT2D eigenvalue weighted by Gasteiger charge is 2.67. The summed E-state index contributed by atoms with van der Waals surface area (Å²) in [5.74, 6) is 1.21. The molecule has 8 saturated carbocycles. The third kappa shape index (κ3) is 8.85. The summed E-state index contributed by atoms with van der Waals surface area (Å²) in [6.07, 6.45) is 12.5. The number of aliphatic hydroxyl groups is 6. The van der Waals surface area contributed by atoms with Gasteiger partial charge in [0.25, 0.3) is 0 Å². The van der Waals surface area contributed by atoms with Crippen molar-refractivity contribution in [1.29, 1.82) is 0 Å². The lowest BCUT2D eigenvalue weighted by Gasteiger charge is -2.63. The van der Waals surface area contributed by atoms with Crippen LogP contribution in [0.4, 0.5) is 0 Å². The summed E-state index contributed by atoms with van der Waals surface area (Å²) >= 11 is 0. The minimum atomic E-state index is -1.07. The molecule has 0 aromatic heterocycles. The molecule has 0 spiro atoms. The largest absolute Gasteiger partial charge is 0.480 e. The number of carboxylic acids is 1. The molecule has 12 heteroatoms. The lowest BCUT2D eigenvalue weighted by Crippen LogP contribution is -2.62. The maximum atomic E-state index is 13.2. The van der Waals surface area contributed by atoms with E-state index < -0.39 is 36.4 Å². The molecule has 376 valence electrons. The zero-order chi connectivity index (χ0) is 47.7. The number of carbonyl (C=O) groups excluding carboxylic acids is 2. The number of aliphatic carboxylic acids is 1. The first-order valence-corrected chi connectivity index (χ1v) is 27.0. The summed E-state index contributed by atoms with van der Waals surface area (Å²) in [6.45, 7) is 14.0. The zero-order valence-corrected chi connectivity index (χ0v) is 41.4. The molecule has 0 heterocycles. The lowest BCUT2D eigenvalue weighted by molar-refractivity contribution is -0.207. The number of nitrogens with one attached hydrogen (secondary N) is 2. The molecule has 0 aromatic rings. The van der Waals surface area contributed by atoms with E-state index in [1.807, 2.05) is 0 Å². The summed E-state index contributed by atoms with van der Waals surface area (Å²) in [5.41, 5.74) is -0.623. The minimum Gasteiger partial charge on any atom is -0.480 e. The molecule has 66 heavy (non-hydrogen) atoms. The van der Waals surface area contributed by atoms with Gasteiger partial charge in [0.1, 0.15) is 6.04 Å². The van der Waals surface area contributed by atoms with E-state index in [9.17, 15) is 50.1 Å². The maximum absolute atomic E-state index is 13.2. The molecule has 0 saturated heterocycles. The Kier molecular flexibility index (Phi) is 14.9. The Balaban J connectivity index is 0.750. The predicted octanol–water partition coefficient (Wildman–Crippen LogP) is 6.60. The van der Waals surface area contributed by atoms with Crippen molar-refractivity contribution in [3.8, 4) is 0 Å². The fourth-order valence-electron chi connectivity index (χ4n) is 18.7. The number of aliphatic hydroxyl groups excluding tert-OH is 6. The van der Waals surface area contributed by atoms with Crippen LogP contribution in [-0.2, 0) is 14.4 Å². The quantitative estimate of drug-likeness (QED) is 0.0803. The number of unbranched alkanes of at least 4 members (excludes halogenated alkanes) is 1. The molecule has 0 bridgehead atoms. The number of fused-ring (bicyclic) bond motifs is 10. The van der Waals surface area contributed by atoms with Crippen LogP contribution in [0.2, 0.25) is 0 Å². The average Bonchev–Trinajstić information content (AvgIpc) is 3.81. The predicted molar refractivity (Wildman–Crippen MR) is 251 cm³/mol. The van der Waals surface area contributed by atoms with Crippen molar-refractivity contribution in [3.63, 3.8) is 0 Å². The first-order chi connectivity index (χ1) is 31.1. The normalized spacial score (nSPS) is 48.5. The molecular weight excluding hydrogens is 837 g/mol. The van der Waals surface area contributed by atoms with Gasteiger partial charge in [0.2, 0.25) is 11.8 Å². The van der Waals surface area contributed by atoms with Crippen molar-refractivity contribution in [1.82, 2.24) is 10.6 Å². The van der Waals surface area contributed by atoms with Gasteiger partial charge in [-0.3, -0.25) is 9.59 Å². The SMILES string of the molecule is C[C@H](CCC(=O)NC(CCCCNC(=O)CC[C@H](C)C1CCC2C3C(O)CC4CC(O)CCC4(C)C3CC(O)C21C)C(=O)O)C1CCC2C3C(O)CC4CC(O)CCC4(C)C3CC(O)C21C. The van der Waals surface area contributed by atoms with Gasteiger partial charge < -0.3 is 46.4 Å². The summed E-state index contributed by atoms with van der Waals surface area (Å²) < 4.78 is 0. The molecule has 8 rings (SSSR count). The number of carboxylic acid groups (broad SMARTS) is 1. The Labute approximate surface area is 395 Å². The molecule has 0 aromatic carbocycles. The van der Waals surface area contributed by atoms with Crippen LogP contribution in [0.1, 0.15) is 176 Å². The van der Waals surface area contributed by atoms with Gasteiger partial charge in [-0.15, -0.1) is 0 Å². The Morgan fingerprint density at radius 1 is 0.561 bits per heavy atom. The van der Waals surface area contributed by atoms with Gasteiger partial charge >= 0.3 is 5.97 Å². The standard InChI is InChI=1S/C54H90N2O10/c1-29(35-12-14-37-48-39(27-44(61)53(35,37)5)51(3)20-18-33(57)23-31(51)25-42(48)59)10-16-46(63)55-22-8-7-9-41(50(65)66)56-47(64)17-11-30(2)36-13-15-38-49-40(28-45(62)54(36,38)6)52(4)21-19-34(58)24-32(52)26-43(49)60/h29-45,48-49,57-62H,7-28H2,1-6H3,(H,55,63)(H,56,64)(H,65,66)/t29-,30+,31?,32?,33?,34?,35?,36?,37?,38?,39?,40?,41?,42?,43?,44?,45?,48?,49?,51?,52?,53?,54?/m0/s1. The Bertz CT molecular complexity index is 1750. The zero-order valence-electron chi connectivity index (χ0n) is 41.4. The summed E-state index contributed by atoms with van der Waals surface area (Å²) in [5, 5.41) is 83.8. The minimum absolute atomic E-state index is 0.0136. The third-order valence-corrected chi connectivity index (χ3v) is 22.6. The molecule has 0 radical (unpaired) electrons. The highest BCUT2D eigenvalue weighted by Crippen LogP contribution is 2.70. The number of hydrogen-bond acceptors (Lipinski definition) is 9. The average molecular weight is 927 g/mol. The van der Waals surface area contributed by atoms with E-state index in [2.05, 4.69) is 52.2 Å². The van der Waals surface area contributed by atoms with Crippen LogP contribution >= 0.6 is 0 Å². The Morgan fingerprint density at radius 2 is 1.02 bits per heavy atom. The van der Waals surface area contributed by atoms with Gasteiger partial charge in [-0.05, 0) is 215 Å². The van der Waals surface area contributed by atoms with Crippen LogP contribution in [0.5, 0.6) is 0 Å². The van der Waals surface area contributed by atoms with Crippen molar-refractivity contribution in [2.75, 3.05) is 6.54 Å². The first-order valence-electron chi connectivity index (χ1n) is 27.0. The van der Waals surface area contributed by atoms with E-state index in [1.165, 1.54) is 0 Å². The van der Waals surface area contributed by atoms with Crippen molar-refractivity contribution in [3.05, 3.63) is 0 Å². The molecule has 8 fully saturated rings. The van der Waals surface area contributed by atoms with Gasteiger partial charge in [0.15, 0.2) is 0 Å². The molecule has 8 aliphatic rings. The summed E-state index contributed by atoms with van der Waals surface area (Å²) in [6, 6.07) is -1.01. The van der Waals surface area contributed by atoms with Crippen LogP contribution in [0.3, 0.4) is 0 Å². The van der Waals surface area contributed by atoms with Crippen LogP contribution in [0, 0.1) is 92.7 Å². The summed E-state index contributed by atoms with van der Waals surface area (Å²) in [4.78, 5) is 38.5. The van der Waals surface area contributed by atoms with E-state index in [1.54, 1.807) is 0 Å². The van der Waals surface area contributed by atoms with Crippen molar-refractivity contribution >= 4 is 17.8 Å². The second-order valence-electron chi connectivity index (χ2n) is 25.4. The number of carbonyl (C=O) groups is 3. The lowest BCUT2D eigenvalue weighted by atomic mass is 9.43. The second kappa shape index (κ2) is 19.4. The topological polar surface area (TPSA) is 217 Å². The van der Waals surface area contributed by atoms with Crippen molar-refractivity contribution < 1.29 is 50.1 Å². The third-order valence-electron chi connectivity index (χ3n) is 22.6. The van der Waals surface area contributed by atoms with Crippen LogP contribution in [0.15, 0.2) is 0 Å². The molecule has 23 atom stereocenters. The number of rotatable bonds is 15. The highest BCUT2D eigenvalue weighted by molar-refractivity contribution is 5.83. The van der Waals surface area contributed by atoms with Crippen LogP contribution in [-0.4, -0.2) is 103 Å². The molecule has 9 N–H and O–H groups in total. The van der Waals surface area contributed by atoms with E-state index in [-0.39, 0.29) is 130 Å². The highest BCUT2D eigenvalue weighted by atomic mass is 16.4. The van der Waals surface area contributed by atoms with Crippen molar-refractivity contribution in [2.24, 2.45) is 92.7 Å². The molecule has 21 unspecified atom stereocenters. The number of hydrogen-bond donors (Lipinski definition) is 9. The smallest absolute Gasteiger partial charge is 0.326 e. The van der Waals surface area contributed by atoms with E-state index in [4.69, 9.17) is 0 Å². The maximum Gasteiger partial charge on any atom is 0.326 e. The fraction of sp³-hybridized carbons (Fsp3) is 0.944. The monoisotopic (exact) mass is 927 g/mol. The second-order valence-corrected chi connectivity index (χ2v) is 25.4. The van der Waals surface area contributed by atoms with E-state index in [0.29, 0.717) is 57.9 Å².